The molecule has 0 heterocycles. The highest BCUT2D eigenvalue weighted by atomic mass is 16.5. The van der Waals surface area contributed by atoms with Gasteiger partial charge < -0.3 is 4.74 Å². The first-order chi connectivity index (χ1) is 11.2. The third-order valence-corrected chi connectivity index (χ3v) is 3.11. The van der Waals surface area contributed by atoms with Crippen LogP contribution in [0, 0.1) is 0 Å². The molecule has 0 spiro atoms. The van der Waals surface area contributed by atoms with Gasteiger partial charge in [-0.05, 0) is 23.6 Å². The number of hydrogen-bond acceptors (Lipinski definition) is 3. The third kappa shape index (κ3) is 6.47. The Labute approximate surface area is 138 Å². The third-order valence-electron chi connectivity index (χ3n) is 3.11. The molecule has 0 saturated carbocycles. The zero-order chi connectivity index (χ0) is 17.1. The minimum absolute atomic E-state index is 0.124. The lowest BCUT2D eigenvalue weighted by Crippen LogP contribution is -2.12. The van der Waals surface area contributed by atoms with Crippen LogP contribution in [-0.4, -0.2) is 18.4 Å². The van der Waals surface area contributed by atoms with Crippen molar-refractivity contribution in [1.82, 2.24) is 0 Å². The van der Waals surface area contributed by atoms with Gasteiger partial charge in [0.05, 0.1) is 6.61 Å². The molecule has 0 N–H and O–H groups in total. The Morgan fingerprint density at radius 1 is 0.870 bits per heavy atom. The molecule has 0 unspecified atom stereocenters. The Morgan fingerprint density at radius 3 is 2.00 bits per heavy atom. The lowest BCUT2D eigenvalue weighted by Gasteiger charge is -2.04. The van der Waals surface area contributed by atoms with E-state index in [4.69, 9.17) is 4.74 Å². The first kappa shape index (κ1) is 18.6. The molecule has 0 aliphatic heterocycles. The summed E-state index contributed by atoms with van der Waals surface area (Å²) in [6.07, 6.45) is 0.0994. The summed E-state index contributed by atoms with van der Waals surface area (Å²) in [4.78, 5) is 23.0. The number of Topliss-reactive ketones (excluding diaryl/α,β-unsaturated/α-hetero) is 1. The Balaban J connectivity index is 0.00000127. The van der Waals surface area contributed by atoms with E-state index < -0.39 is 5.97 Å². The van der Waals surface area contributed by atoms with Gasteiger partial charge in [-0.1, -0.05) is 68.4 Å². The quantitative estimate of drug-likeness (QED) is 0.585. The van der Waals surface area contributed by atoms with Gasteiger partial charge in [0.2, 0.25) is 0 Å². The Hall–Kier alpha value is -2.42. The standard InChI is InChI=1S/C18H18O3.C2H6/c1-2-21-18(20)13-17(19)12-14-8-10-16(11-9-14)15-6-4-3-5-7-15;1-2/h3-11H,2,12-13H2,1H3;1-2H3. The van der Waals surface area contributed by atoms with Crippen LogP contribution in [0.5, 0.6) is 0 Å². The largest absolute Gasteiger partial charge is 0.466 e. The summed E-state index contributed by atoms with van der Waals surface area (Å²) in [5.74, 6) is -0.579. The summed E-state index contributed by atoms with van der Waals surface area (Å²) in [5, 5.41) is 0. The van der Waals surface area contributed by atoms with E-state index in [0.717, 1.165) is 16.7 Å². The summed E-state index contributed by atoms with van der Waals surface area (Å²) in [5.41, 5.74) is 3.16. The molecule has 0 aliphatic rings. The van der Waals surface area contributed by atoms with Crippen LogP contribution in [0.15, 0.2) is 54.6 Å². The molecule has 0 atom stereocenters. The number of benzene rings is 2. The van der Waals surface area contributed by atoms with Gasteiger partial charge in [0.15, 0.2) is 0 Å². The summed E-state index contributed by atoms with van der Waals surface area (Å²) >= 11 is 0. The fraction of sp³-hybridized carbons (Fsp3) is 0.300. The molecular formula is C20H24O3. The SMILES string of the molecule is CC.CCOC(=O)CC(=O)Cc1ccc(-c2ccccc2)cc1. The van der Waals surface area contributed by atoms with Crippen molar-refractivity contribution >= 4 is 11.8 Å². The van der Waals surface area contributed by atoms with E-state index in [0.29, 0.717) is 6.61 Å². The second-order valence-electron chi connectivity index (χ2n) is 4.76. The number of carbonyl (C=O) groups excluding carboxylic acids is 2. The van der Waals surface area contributed by atoms with Gasteiger partial charge in [-0.3, -0.25) is 9.59 Å². The molecule has 2 aromatic carbocycles. The molecule has 0 saturated heterocycles. The van der Waals surface area contributed by atoms with Crippen LogP contribution in [0.1, 0.15) is 32.8 Å². The molecule has 2 rings (SSSR count). The minimum atomic E-state index is -0.455. The van der Waals surface area contributed by atoms with Gasteiger partial charge >= 0.3 is 5.97 Å². The van der Waals surface area contributed by atoms with Gasteiger partial charge in [0.1, 0.15) is 12.2 Å². The normalized spacial score (nSPS) is 9.52. The van der Waals surface area contributed by atoms with Crippen molar-refractivity contribution in [1.29, 1.82) is 0 Å². The Morgan fingerprint density at radius 2 is 1.43 bits per heavy atom. The number of esters is 1. The predicted octanol–water partition coefficient (Wildman–Crippen LogP) is 4.44. The molecule has 3 nitrogen and oxygen atoms in total. The van der Waals surface area contributed by atoms with Crippen molar-refractivity contribution in [3.8, 4) is 11.1 Å². The van der Waals surface area contributed by atoms with Crippen LogP contribution in [0.25, 0.3) is 11.1 Å². The molecule has 2 aromatic rings. The van der Waals surface area contributed by atoms with Gasteiger partial charge in [-0.25, -0.2) is 0 Å². The lowest BCUT2D eigenvalue weighted by atomic mass is 10.0. The van der Waals surface area contributed by atoms with Crippen LogP contribution >= 0.6 is 0 Å². The zero-order valence-electron chi connectivity index (χ0n) is 14.0. The molecule has 0 radical (unpaired) electrons. The van der Waals surface area contributed by atoms with E-state index >= 15 is 0 Å². The predicted molar refractivity (Wildman–Crippen MR) is 93.2 cm³/mol. The van der Waals surface area contributed by atoms with E-state index in [-0.39, 0.29) is 18.6 Å². The molecule has 0 bridgehead atoms. The maximum atomic E-state index is 11.8. The van der Waals surface area contributed by atoms with Crippen LogP contribution in [-0.2, 0) is 20.7 Å². The number of hydrogen-bond donors (Lipinski definition) is 0. The van der Waals surface area contributed by atoms with Crippen LogP contribution < -0.4 is 0 Å². The van der Waals surface area contributed by atoms with Crippen molar-refractivity contribution in [2.75, 3.05) is 6.61 Å². The first-order valence-electron chi connectivity index (χ1n) is 8.00. The van der Waals surface area contributed by atoms with Gasteiger partial charge in [0, 0.05) is 6.42 Å². The summed E-state index contributed by atoms with van der Waals surface area (Å²) in [6.45, 7) is 6.03. The minimum Gasteiger partial charge on any atom is -0.466 e. The highest BCUT2D eigenvalue weighted by Crippen LogP contribution is 2.19. The smallest absolute Gasteiger partial charge is 0.313 e. The van der Waals surface area contributed by atoms with E-state index in [9.17, 15) is 9.59 Å². The molecule has 0 amide bonds. The van der Waals surface area contributed by atoms with Crippen LogP contribution in [0.4, 0.5) is 0 Å². The van der Waals surface area contributed by atoms with Crippen molar-refractivity contribution in [2.45, 2.75) is 33.6 Å². The van der Waals surface area contributed by atoms with Crippen molar-refractivity contribution in [2.24, 2.45) is 0 Å². The molecule has 0 aliphatic carbocycles. The topological polar surface area (TPSA) is 43.4 Å². The number of ether oxygens (including phenoxy) is 1. The molecule has 0 fully saturated rings. The Bertz CT molecular complexity index is 601. The molecular weight excluding hydrogens is 288 g/mol. The summed E-state index contributed by atoms with van der Waals surface area (Å²) in [6, 6.07) is 17.9. The zero-order valence-corrected chi connectivity index (χ0v) is 14.0. The molecule has 0 aromatic heterocycles. The highest BCUT2D eigenvalue weighted by molar-refractivity contribution is 5.96. The Kier molecular flexibility index (Phi) is 8.37. The first-order valence-corrected chi connectivity index (χ1v) is 8.00. The molecule has 23 heavy (non-hydrogen) atoms. The number of rotatable bonds is 6. The van der Waals surface area contributed by atoms with E-state index in [2.05, 4.69) is 0 Å². The average Bonchev–Trinajstić information content (AvgIpc) is 2.58. The average molecular weight is 312 g/mol. The summed E-state index contributed by atoms with van der Waals surface area (Å²) in [7, 11) is 0. The maximum absolute atomic E-state index is 11.8. The molecule has 3 heteroatoms. The number of carbonyl (C=O) groups is 2. The van der Waals surface area contributed by atoms with Gasteiger partial charge in [-0.15, -0.1) is 0 Å². The van der Waals surface area contributed by atoms with Crippen molar-refractivity contribution in [3.63, 3.8) is 0 Å². The van der Waals surface area contributed by atoms with E-state index in [1.165, 1.54) is 0 Å². The van der Waals surface area contributed by atoms with Crippen molar-refractivity contribution < 1.29 is 14.3 Å². The monoisotopic (exact) mass is 312 g/mol. The fourth-order valence-corrected chi connectivity index (χ4v) is 2.11. The highest BCUT2D eigenvalue weighted by Gasteiger charge is 2.11. The maximum Gasteiger partial charge on any atom is 0.313 e. The van der Waals surface area contributed by atoms with Gasteiger partial charge in [0.25, 0.3) is 0 Å². The van der Waals surface area contributed by atoms with E-state index in [1.54, 1.807) is 6.92 Å². The second-order valence-corrected chi connectivity index (χ2v) is 4.76. The van der Waals surface area contributed by atoms with Gasteiger partial charge in [-0.2, -0.15) is 0 Å². The molecule has 122 valence electrons. The lowest BCUT2D eigenvalue weighted by molar-refractivity contribution is -0.145. The second kappa shape index (κ2) is 10.3. The van der Waals surface area contributed by atoms with Crippen molar-refractivity contribution in [3.05, 3.63) is 60.2 Å². The fourth-order valence-electron chi connectivity index (χ4n) is 2.11. The summed E-state index contributed by atoms with van der Waals surface area (Å²) < 4.78 is 4.77. The van der Waals surface area contributed by atoms with E-state index in [1.807, 2.05) is 68.4 Å². The van der Waals surface area contributed by atoms with Crippen LogP contribution in [0.2, 0.25) is 0 Å². The van der Waals surface area contributed by atoms with Crippen LogP contribution in [0.3, 0.4) is 0 Å². The number of ketones is 1.